The molecule has 0 unspecified atom stereocenters. The molecule has 4 nitrogen and oxygen atoms in total. The van der Waals surface area contributed by atoms with E-state index in [0.29, 0.717) is 32.4 Å². The van der Waals surface area contributed by atoms with E-state index < -0.39 is 0 Å². The molecule has 148 valence electrons. The number of piperidine rings is 1. The van der Waals surface area contributed by atoms with Crippen LogP contribution in [0.1, 0.15) is 48.5 Å². The molecule has 0 aromatic heterocycles. The molecule has 1 spiro atoms. The van der Waals surface area contributed by atoms with E-state index in [1.54, 1.807) is 0 Å². The van der Waals surface area contributed by atoms with E-state index in [2.05, 4.69) is 18.2 Å². The standard InChI is InChI=1S/C24H29NO3/c1-18-6-5-7-19(14-18)15-23(27)25-12-10-24(11-13-25)17-21(26)16-22(28-24)20-8-3-2-4-9-20/h2-9,14,21-22,26H,10-13,15-17H2,1H3/t21-,22-/m1/s1. The van der Waals surface area contributed by atoms with Crippen LogP contribution in [0.15, 0.2) is 54.6 Å². The van der Waals surface area contributed by atoms with Gasteiger partial charge in [0.05, 0.1) is 24.2 Å². The van der Waals surface area contributed by atoms with Crippen LogP contribution in [0.2, 0.25) is 0 Å². The molecule has 2 heterocycles. The molecule has 0 saturated carbocycles. The van der Waals surface area contributed by atoms with E-state index in [1.165, 1.54) is 5.56 Å². The van der Waals surface area contributed by atoms with Gasteiger partial charge in [0, 0.05) is 25.9 Å². The Labute approximate surface area is 167 Å². The zero-order chi connectivity index (χ0) is 19.6. The minimum absolute atomic E-state index is 0.0699. The minimum atomic E-state index is -0.353. The van der Waals surface area contributed by atoms with Gasteiger partial charge in [-0.25, -0.2) is 0 Å². The lowest BCUT2D eigenvalue weighted by Gasteiger charge is -2.48. The van der Waals surface area contributed by atoms with E-state index >= 15 is 0 Å². The molecule has 2 aliphatic heterocycles. The highest BCUT2D eigenvalue weighted by Gasteiger charge is 2.44. The molecule has 2 aromatic carbocycles. The second kappa shape index (κ2) is 8.06. The van der Waals surface area contributed by atoms with Crippen LogP contribution in [0.25, 0.3) is 0 Å². The number of aryl methyl sites for hydroxylation is 1. The topological polar surface area (TPSA) is 49.8 Å². The smallest absolute Gasteiger partial charge is 0.226 e. The summed E-state index contributed by atoms with van der Waals surface area (Å²) in [5.41, 5.74) is 3.05. The van der Waals surface area contributed by atoms with Crippen LogP contribution in [0.5, 0.6) is 0 Å². The van der Waals surface area contributed by atoms with Gasteiger partial charge in [0.2, 0.25) is 5.91 Å². The maximum atomic E-state index is 12.7. The fourth-order valence-electron chi connectivity index (χ4n) is 4.62. The molecule has 1 amide bonds. The lowest BCUT2D eigenvalue weighted by atomic mass is 9.81. The number of nitrogens with zero attached hydrogens (tertiary/aromatic N) is 1. The number of aliphatic hydroxyl groups is 1. The fraction of sp³-hybridized carbons (Fsp3) is 0.458. The first-order valence-corrected chi connectivity index (χ1v) is 10.3. The number of likely N-dealkylation sites (tertiary alicyclic amines) is 1. The van der Waals surface area contributed by atoms with E-state index in [-0.39, 0.29) is 23.7 Å². The second-order valence-electron chi connectivity index (χ2n) is 8.34. The average molecular weight is 380 g/mol. The highest BCUT2D eigenvalue weighted by Crippen LogP contribution is 2.42. The second-order valence-corrected chi connectivity index (χ2v) is 8.34. The van der Waals surface area contributed by atoms with Gasteiger partial charge in [0.15, 0.2) is 0 Å². The van der Waals surface area contributed by atoms with Crippen molar-refractivity contribution in [2.45, 2.75) is 56.8 Å². The van der Waals surface area contributed by atoms with Crippen molar-refractivity contribution < 1.29 is 14.6 Å². The maximum absolute atomic E-state index is 12.7. The van der Waals surface area contributed by atoms with Gasteiger partial charge in [-0.2, -0.15) is 0 Å². The molecule has 2 fully saturated rings. The van der Waals surface area contributed by atoms with Crippen LogP contribution in [0, 0.1) is 6.92 Å². The zero-order valence-electron chi connectivity index (χ0n) is 16.5. The van der Waals surface area contributed by atoms with Crippen LogP contribution in [-0.2, 0) is 16.0 Å². The molecule has 2 atom stereocenters. The Bertz CT molecular complexity index is 812. The Hall–Kier alpha value is -2.17. The number of carbonyl (C=O) groups excluding carboxylic acids is 1. The Balaban J connectivity index is 1.39. The summed E-state index contributed by atoms with van der Waals surface area (Å²) in [7, 11) is 0. The first-order valence-electron chi connectivity index (χ1n) is 10.3. The number of carbonyl (C=O) groups is 1. The first kappa shape index (κ1) is 19.2. The van der Waals surface area contributed by atoms with Crippen molar-refractivity contribution in [3.05, 3.63) is 71.3 Å². The molecule has 0 bridgehead atoms. The highest BCUT2D eigenvalue weighted by atomic mass is 16.5. The summed E-state index contributed by atoms with van der Waals surface area (Å²) in [6.45, 7) is 3.44. The average Bonchev–Trinajstić information content (AvgIpc) is 2.68. The van der Waals surface area contributed by atoms with E-state index in [1.807, 2.05) is 48.2 Å². The highest BCUT2D eigenvalue weighted by molar-refractivity contribution is 5.79. The lowest BCUT2D eigenvalue weighted by molar-refractivity contribution is -0.185. The summed E-state index contributed by atoms with van der Waals surface area (Å²) < 4.78 is 6.54. The van der Waals surface area contributed by atoms with Gasteiger partial charge in [0.25, 0.3) is 0 Å². The van der Waals surface area contributed by atoms with Crippen LogP contribution in [0.3, 0.4) is 0 Å². The van der Waals surface area contributed by atoms with Crippen molar-refractivity contribution in [2.75, 3.05) is 13.1 Å². The van der Waals surface area contributed by atoms with Crippen molar-refractivity contribution >= 4 is 5.91 Å². The maximum Gasteiger partial charge on any atom is 0.226 e. The summed E-state index contributed by atoms with van der Waals surface area (Å²) in [5.74, 6) is 0.177. The number of rotatable bonds is 3. The lowest BCUT2D eigenvalue weighted by Crippen LogP contribution is -2.52. The number of hydrogen-bond acceptors (Lipinski definition) is 3. The molecule has 2 aromatic rings. The third kappa shape index (κ3) is 4.29. The van der Waals surface area contributed by atoms with Crippen LogP contribution < -0.4 is 0 Å². The predicted molar refractivity (Wildman–Crippen MR) is 109 cm³/mol. The number of amides is 1. The zero-order valence-corrected chi connectivity index (χ0v) is 16.5. The first-order chi connectivity index (χ1) is 13.5. The Morgan fingerprint density at radius 2 is 1.89 bits per heavy atom. The molecule has 0 radical (unpaired) electrons. The number of benzene rings is 2. The number of hydrogen-bond donors (Lipinski definition) is 1. The van der Waals surface area contributed by atoms with Crippen molar-refractivity contribution in [2.24, 2.45) is 0 Å². The van der Waals surface area contributed by atoms with Crippen LogP contribution >= 0.6 is 0 Å². The van der Waals surface area contributed by atoms with Crippen LogP contribution in [-0.4, -0.2) is 40.7 Å². The van der Waals surface area contributed by atoms with Gasteiger partial charge < -0.3 is 14.7 Å². The van der Waals surface area contributed by atoms with Crippen molar-refractivity contribution in [3.63, 3.8) is 0 Å². The third-order valence-electron chi connectivity index (χ3n) is 6.12. The monoisotopic (exact) mass is 379 g/mol. The Morgan fingerprint density at radius 1 is 1.14 bits per heavy atom. The Morgan fingerprint density at radius 3 is 2.61 bits per heavy atom. The normalized spacial score (nSPS) is 24.3. The van der Waals surface area contributed by atoms with Crippen molar-refractivity contribution in [1.82, 2.24) is 4.90 Å². The molecule has 2 saturated heterocycles. The molecule has 28 heavy (non-hydrogen) atoms. The fourth-order valence-corrected chi connectivity index (χ4v) is 4.62. The molecule has 1 N–H and O–H groups in total. The molecule has 4 heteroatoms. The quantitative estimate of drug-likeness (QED) is 0.882. The third-order valence-corrected chi connectivity index (χ3v) is 6.12. The predicted octanol–water partition coefficient (Wildman–Crippen LogP) is 3.81. The molecule has 0 aliphatic carbocycles. The number of ether oxygens (including phenoxy) is 1. The number of aliphatic hydroxyl groups excluding tert-OH is 1. The van der Waals surface area contributed by atoms with Crippen LogP contribution in [0.4, 0.5) is 0 Å². The summed E-state index contributed by atoms with van der Waals surface area (Å²) >= 11 is 0. The summed E-state index contributed by atoms with van der Waals surface area (Å²) in [4.78, 5) is 14.7. The van der Waals surface area contributed by atoms with Gasteiger partial charge in [0.1, 0.15) is 0 Å². The SMILES string of the molecule is Cc1cccc(CC(=O)N2CCC3(CC2)C[C@H](O)C[C@H](c2ccccc2)O3)c1. The van der Waals surface area contributed by atoms with Crippen molar-refractivity contribution in [3.8, 4) is 0 Å². The summed E-state index contributed by atoms with van der Waals surface area (Å²) in [6, 6.07) is 18.3. The Kier molecular flexibility index (Phi) is 5.51. The van der Waals surface area contributed by atoms with Gasteiger partial charge in [-0.3, -0.25) is 4.79 Å². The largest absolute Gasteiger partial charge is 0.393 e. The molecule has 4 rings (SSSR count). The molecular formula is C24H29NO3. The molecular weight excluding hydrogens is 350 g/mol. The van der Waals surface area contributed by atoms with E-state index in [4.69, 9.17) is 4.74 Å². The van der Waals surface area contributed by atoms with Gasteiger partial charge >= 0.3 is 0 Å². The van der Waals surface area contributed by atoms with Gasteiger partial charge in [-0.05, 0) is 30.9 Å². The molecule has 2 aliphatic rings. The van der Waals surface area contributed by atoms with E-state index in [0.717, 1.165) is 24.0 Å². The van der Waals surface area contributed by atoms with E-state index in [9.17, 15) is 9.90 Å². The van der Waals surface area contributed by atoms with Gasteiger partial charge in [-0.15, -0.1) is 0 Å². The van der Waals surface area contributed by atoms with Crippen molar-refractivity contribution in [1.29, 1.82) is 0 Å². The minimum Gasteiger partial charge on any atom is -0.393 e. The summed E-state index contributed by atoms with van der Waals surface area (Å²) in [5, 5.41) is 10.5. The summed E-state index contributed by atoms with van der Waals surface area (Å²) in [6.07, 6.45) is 2.90. The van der Waals surface area contributed by atoms with Gasteiger partial charge in [-0.1, -0.05) is 60.2 Å².